The van der Waals surface area contributed by atoms with E-state index < -0.39 is 25.1 Å². The second-order valence-electron chi connectivity index (χ2n) is 5.81. The number of nitrogens with one attached hydrogen (secondary N) is 1. The van der Waals surface area contributed by atoms with Crippen molar-refractivity contribution >= 4 is 19.9 Å². The number of nitrogens with zero attached hydrogens (tertiary/aromatic N) is 1. The second kappa shape index (κ2) is 4.68. The van der Waals surface area contributed by atoms with Crippen molar-refractivity contribution in [3.8, 4) is 0 Å². The summed E-state index contributed by atoms with van der Waals surface area (Å²) in [6.45, 7) is 2.12. The van der Waals surface area contributed by atoms with Gasteiger partial charge in [-0.1, -0.05) is 0 Å². The van der Waals surface area contributed by atoms with Crippen LogP contribution in [0.4, 0.5) is 0 Å². The van der Waals surface area contributed by atoms with E-state index in [2.05, 4.69) is 5.32 Å². The maximum Gasteiger partial charge on any atom is 0.218 e. The van der Waals surface area contributed by atoms with E-state index in [9.17, 15) is 16.8 Å². The third-order valence-electron chi connectivity index (χ3n) is 4.57. The Morgan fingerprint density at radius 1 is 1.16 bits per heavy atom. The fourth-order valence-corrected chi connectivity index (χ4v) is 8.34. The molecule has 3 aliphatic rings. The zero-order valence-corrected chi connectivity index (χ0v) is 12.4. The summed E-state index contributed by atoms with van der Waals surface area (Å²) in [7, 11) is -6.63. The molecule has 0 aromatic carbocycles. The quantitative estimate of drug-likeness (QED) is 0.721. The van der Waals surface area contributed by atoms with Gasteiger partial charge in [-0.25, -0.2) is 16.8 Å². The van der Waals surface area contributed by atoms with E-state index in [-0.39, 0.29) is 24.0 Å². The van der Waals surface area contributed by atoms with Crippen molar-refractivity contribution in [3.63, 3.8) is 0 Å². The number of hydrogen-bond donors (Lipinski definition) is 1. The monoisotopic (exact) mass is 308 g/mol. The highest BCUT2D eigenvalue weighted by atomic mass is 32.2. The molecule has 0 radical (unpaired) electrons. The molecule has 6 nitrogen and oxygen atoms in total. The first kappa shape index (κ1) is 13.8. The molecule has 3 saturated heterocycles. The van der Waals surface area contributed by atoms with Crippen molar-refractivity contribution in [2.45, 2.75) is 30.6 Å². The first-order chi connectivity index (χ1) is 8.90. The molecule has 0 saturated carbocycles. The molecule has 0 bridgehead atoms. The van der Waals surface area contributed by atoms with Crippen LogP contribution in [0.15, 0.2) is 0 Å². The number of sulfonamides is 1. The van der Waals surface area contributed by atoms with Gasteiger partial charge in [0.15, 0.2) is 9.84 Å². The summed E-state index contributed by atoms with van der Waals surface area (Å²) < 4.78 is 49.9. The first-order valence-electron chi connectivity index (χ1n) is 6.82. The number of hydrogen-bond acceptors (Lipinski definition) is 5. The lowest BCUT2D eigenvalue weighted by Gasteiger charge is -2.37. The van der Waals surface area contributed by atoms with Crippen LogP contribution in [-0.4, -0.2) is 63.6 Å². The van der Waals surface area contributed by atoms with E-state index in [0.29, 0.717) is 19.0 Å². The lowest BCUT2D eigenvalue weighted by Crippen LogP contribution is -2.51. The third-order valence-corrected chi connectivity index (χ3v) is 8.90. The van der Waals surface area contributed by atoms with Crippen molar-refractivity contribution in [2.75, 3.05) is 31.1 Å². The van der Waals surface area contributed by atoms with Gasteiger partial charge in [0, 0.05) is 19.1 Å². The molecule has 0 amide bonds. The molecular formula is C11H20N2O4S2. The van der Waals surface area contributed by atoms with Gasteiger partial charge in [0.1, 0.15) is 0 Å². The maximum absolute atomic E-state index is 12.7. The lowest BCUT2D eigenvalue weighted by atomic mass is 9.94. The van der Waals surface area contributed by atoms with Gasteiger partial charge in [0.05, 0.1) is 16.8 Å². The average Bonchev–Trinajstić information content (AvgIpc) is 2.94. The summed E-state index contributed by atoms with van der Waals surface area (Å²) in [6.07, 6.45) is 2.19. The van der Waals surface area contributed by atoms with Crippen molar-refractivity contribution in [1.82, 2.24) is 9.62 Å². The minimum absolute atomic E-state index is 0.0110. The predicted octanol–water partition coefficient (Wildman–Crippen LogP) is -0.813. The van der Waals surface area contributed by atoms with Crippen molar-refractivity contribution in [2.24, 2.45) is 5.92 Å². The Morgan fingerprint density at radius 2 is 1.95 bits per heavy atom. The smallest absolute Gasteiger partial charge is 0.218 e. The van der Waals surface area contributed by atoms with Gasteiger partial charge in [0.2, 0.25) is 10.0 Å². The number of fused-ring (bicyclic) bond motifs is 1. The molecule has 3 unspecified atom stereocenters. The Hall–Kier alpha value is -0.180. The maximum atomic E-state index is 12.7. The summed E-state index contributed by atoms with van der Waals surface area (Å²) >= 11 is 0. The van der Waals surface area contributed by atoms with Crippen molar-refractivity contribution in [3.05, 3.63) is 0 Å². The minimum atomic E-state index is -3.47. The van der Waals surface area contributed by atoms with E-state index >= 15 is 0 Å². The van der Waals surface area contributed by atoms with E-state index in [1.54, 1.807) is 4.31 Å². The molecule has 0 aromatic heterocycles. The van der Waals surface area contributed by atoms with Gasteiger partial charge < -0.3 is 5.32 Å². The van der Waals surface area contributed by atoms with Crippen LogP contribution in [-0.2, 0) is 19.9 Å². The first-order valence-corrected chi connectivity index (χ1v) is 10.1. The predicted molar refractivity (Wildman–Crippen MR) is 72.1 cm³/mol. The average molecular weight is 308 g/mol. The number of rotatable bonds is 2. The van der Waals surface area contributed by atoms with Gasteiger partial charge in [-0.05, 0) is 31.7 Å². The Kier molecular flexibility index (Phi) is 3.40. The largest absolute Gasteiger partial charge is 0.315 e. The van der Waals surface area contributed by atoms with E-state index in [1.807, 2.05) is 0 Å². The van der Waals surface area contributed by atoms with Crippen LogP contribution in [0.5, 0.6) is 0 Å². The third kappa shape index (κ3) is 2.43. The number of piperidine rings is 1. The summed E-state index contributed by atoms with van der Waals surface area (Å²) in [5, 5.41) is 2.52. The highest BCUT2D eigenvalue weighted by molar-refractivity contribution is 7.95. The summed E-state index contributed by atoms with van der Waals surface area (Å²) in [5.74, 6) is 0.204. The molecule has 1 N–H and O–H groups in total. The van der Waals surface area contributed by atoms with E-state index in [0.717, 1.165) is 19.4 Å². The number of sulfone groups is 1. The standard InChI is InChI=1S/C11H20N2O4S2/c14-18(15)5-3-10(8-18)19(16,17)13-4-1-2-9-6-12-7-11(9)13/h9-12H,1-8H2. The Morgan fingerprint density at radius 3 is 2.63 bits per heavy atom. The van der Waals surface area contributed by atoms with Crippen molar-refractivity contribution in [1.29, 1.82) is 0 Å². The highest BCUT2D eigenvalue weighted by Gasteiger charge is 2.46. The van der Waals surface area contributed by atoms with Crippen LogP contribution < -0.4 is 5.32 Å². The van der Waals surface area contributed by atoms with Gasteiger partial charge in [-0.2, -0.15) is 4.31 Å². The van der Waals surface area contributed by atoms with Crippen LogP contribution >= 0.6 is 0 Å². The van der Waals surface area contributed by atoms with Crippen LogP contribution in [0.3, 0.4) is 0 Å². The molecule has 8 heteroatoms. The molecule has 3 rings (SSSR count). The molecule has 3 aliphatic heterocycles. The summed E-state index contributed by atoms with van der Waals surface area (Å²) in [6, 6.07) is 0.0297. The highest BCUT2D eigenvalue weighted by Crippen LogP contribution is 2.32. The fraction of sp³-hybridized carbons (Fsp3) is 1.00. The zero-order valence-electron chi connectivity index (χ0n) is 10.8. The zero-order chi connectivity index (χ0) is 13.7. The Labute approximate surface area is 114 Å². The molecule has 0 spiro atoms. The van der Waals surface area contributed by atoms with Gasteiger partial charge in [-0.15, -0.1) is 0 Å². The molecular weight excluding hydrogens is 288 g/mol. The molecule has 3 atom stereocenters. The minimum Gasteiger partial charge on any atom is -0.315 e. The molecule has 3 heterocycles. The Balaban J connectivity index is 1.84. The van der Waals surface area contributed by atoms with Crippen molar-refractivity contribution < 1.29 is 16.8 Å². The van der Waals surface area contributed by atoms with E-state index in [4.69, 9.17) is 0 Å². The summed E-state index contributed by atoms with van der Waals surface area (Å²) in [5.41, 5.74) is 0. The van der Waals surface area contributed by atoms with Gasteiger partial charge >= 0.3 is 0 Å². The van der Waals surface area contributed by atoms with Gasteiger partial charge in [-0.3, -0.25) is 0 Å². The van der Waals surface area contributed by atoms with Crippen LogP contribution in [0.1, 0.15) is 19.3 Å². The second-order valence-corrected chi connectivity index (χ2v) is 10.2. The molecule has 0 aliphatic carbocycles. The topological polar surface area (TPSA) is 83.5 Å². The Bertz CT molecular complexity index is 557. The van der Waals surface area contributed by atoms with Crippen LogP contribution in [0, 0.1) is 5.92 Å². The molecule has 110 valence electrons. The van der Waals surface area contributed by atoms with E-state index in [1.165, 1.54) is 0 Å². The lowest BCUT2D eigenvalue weighted by molar-refractivity contribution is 0.216. The molecule has 3 fully saturated rings. The SMILES string of the molecule is O=S1(=O)CCC(S(=O)(=O)N2CCCC3CNCC32)C1. The summed E-state index contributed by atoms with van der Waals surface area (Å²) in [4.78, 5) is 0. The molecule has 0 aromatic rings. The molecule has 19 heavy (non-hydrogen) atoms. The fourth-order valence-electron chi connectivity index (χ4n) is 3.53. The normalized spacial score (nSPS) is 39.3. The van der Waals surface area contributed by atoms with Gasteiger partial charge in [0.25, 0.3) is 0 Å². The van der Waals surface area contributed by atoms with Crippen LogP contribution in [0.25, 0.3) is 0 Å². The van der Waals surface area contributed by atoms with Crippen LogP contribution in [0.2, 0.25) is 0 Å².